The molecule has 0 heterocycles. The van der Waals surface area contributed by atoms with Crippen molar-refractivity contribution in [2.75, 3.05) is 0 Å². The number of benzene rings is 1. The Kier molecular flexibility index (Phi) is 3.41. The average Bonchev–Trinajstić information content (AvgIpc) is 2.28. The van der Waals surface area contributed by atoms with Crippen LogP contribution in [0.15, 0.2) is 23.8 Å². The molecule has 1 nitrogen and oxygen atoms in total. The molecule has 1 aliphatic carbocycles. The highest BCUT2D eigenvalue weighted by atomic mass is 19.1. The van der Waals surface area contributed by atoms with Gasteiger partial charge in [0.15, 0.2) is 5.78 Å². The molecule has 0 spiro atoms. The lowest BCUT2D eigenvalue weighted by Crippen LogP contribution is -2.10. The fraction of sp³-hybridized carbons (Fsp3) is 0.400. The van der Waals surface area contributed by atoms with Crippen molar-refractivity contribution in [3.63, 3.8) is 0 Å². The Hall–Kier alpha value is -1.44. The first-order chi connectivity index (χ1) is 8.09. The predicted octanol–water partition coefficient (Wildman–Crippen LogP) is 4.13. The quantitative estimate of drug-likeness (QED) is 0.701. The average molecular weight is 232 g/mol. The van der Waals surface area contributed by atoms with Crippen LogP contribution in [0, 0.1) is 19.7 Å². The van der Waals surface area contributed by atoms with Crippen LogP contribution in [-0.4, -0.2) is 5.78 Å². The topological polar surface area (TPSA) is 17.1 Å². The molecule has 0 atom stereocenters. The van der Waals surface area contributed by atoms with E-state index in [1.165, 1.54) is 6.07 Å². The summed E-state index contributed by atoms with van der Waals surface area (Å²) in [6.45, 7) is 3.64. The molecule has 0 N–H and O–H groups in total. The molecule has 0 fully saturated rings. The maximum Gasteiger partial charge on any atom is 0.191 e. The molecule has 1 aliphatic rings. The fourth-order valence-corrected chi connectivity index (χ4v) is 2.41. The Morgan fingerprint density at radius 3 is 2.59 bits per heavy atom. The van der Waals surface area contributed by atoms with Crippen LogP contribution in [0.25, 0.3) is 0 Å². The monoisotopic (exact) mass is 232 g/mol. The highest BCUT2D eigenvalue weighted by molar-refractivity contribution is 6.09. The first-order valence-corrected chi connectivity index (χ1v) is 6.10. The number of carbonyl (C=O) groups excluding carboxylic acids is 1. The van der Waals surface area contributed by atoms with E-state index in [1.807, 2.05) is 19.1 Å². The summed E-state index contributed by atoms with van der Waals surface area (Å²) in [4.78, 5) is 12.2. The van der Waals surface area contributed by atoms with Crippen LogP contribution in [0.1, 0.15) is 47.2 Å². The first kappa shape index (κ1) is 12.0. The molecule has 1 aromatic carbocycles. The smallest absolute Gasteiger partial charge is 0.191 e. The van der Waals surface area contributed by atoms with Crippen molar-refractivity contribution in [2.45, 2.75) is 39.5 Å². The zero-order valence-corrected chi connectivity index (χ0v) is 10.3. The zero-order valence-electron chi connectivity index (χ0n) is 10.3. The van der Waals surface area contributed by atoms with Crippen molar-refractivity contribution in [3.8, 4) is 0 Å². The largest absolute Gasteiger partial charge is 0.289 e. The van der Waals surface area contributed by atoms with Crippen LogP contribution in [0.4, 0.5) is 4.39 Å². The summed E-state index contributed by atoms with van der Waals surface area (Å²) in [5, 5.41) is 0. The van der Waals surface area contributed by atoms with Crippen molar-refractivity contribution in [2.24, 2.45) is 0 Å². The summed E-state index contributed by atoms with van der Waals surface area (Å²) < 4.78 is 13.9. The van der Waals surface area contributed by atoms with Gasteiger partial charge in [-0.3, -0.25) is 4.79 Å². The number of carbonyl (C=O) groups is 1. The molecule has 0 unspecified atom stereocenters. The predicted molar refractivity (Wildman–Crippen MR) is 66.8 cm³/mol. The van der Waals surface area contributed by atoms with Gasteiger partial charge in [-0.15, -0.1) is 0 Å². The van der Waals surface area contributed by atoms with Gasteiger partial charge in [-0.2, -0.15) is 0 Å². The molecule has 17 heavy (non-hydrogen) atoms. The van der Waals surface area contributed by atoms with Crippen LogP contribution in [0.2, 0.25) is 0 Å². The van der Waals surface area contributed by atoms with E-state index in [0.29, 0.717) is 0 Å². The number of halogens is 1. The summed E-state index contributed by atoms with van der Waals surface area (Å²) in [7, 11) is 0. The fourth-order valence-electron chi connectivity index (χ4n) is 2.41. The van der Waals surface area contributed by atoms with E-state index in [2.05, 4.69) is 0 Å². The summed E-state index contributed by atoms with van der Waals surface area (Å²) in [5.41, 5.74) is 2.62. The van der Waals surface area contributed by atoms with Crippen LogP contribution >= 0.6 is 0 Å². The van der Waals surface area contributed by atoms with Crippen molar-refractivity contribution in [1.82, 2.24) is 0 Å². The molecule has 2 heteroatoms. The van der Waals surface area contributed by atoms with Gasteiger partial charge in [0.25, 0.3) is 0 Å². The molecule has 0 aliphatic heterocycles. The van der Waals surface area contributed by atoms with Gasteiger partial charge in [0.05, 0.1) is 5.56 Å². The van der Waals surface area contributed by atoms with Gasteiger partial charge in [-0.05, 0) is 62.3 Å². The zero-order chi connectivity index (χ0) is 12.4. The number of ketones is 1. The standard InChI is InChI=1S/C15H17FO/c1-10-8-11(2)14(13(16)9-10)15(17)12-6-4-3-5-7-12/h6,8-9H,3-5,7H2,1-2H3. The highest BCUT2D eigenvalue weighted by Gasteiger charge is 2.20. The number of aryl methyl sites for hydroxylation is 2. The van der Waals surface area contributed by atoms with Crippen LogP contribution in [0.5, 0.6) is 0 Å². The van der Waals surface area contributed by atoms with E-state index in [9.17, 15) is 9.18 Å². The Morgan fingerprint density at radius 1 is 1.24 bits per heavy atom. The highest BCUT2D eigenvalue weighted by Crippen LogP contribution is 2.25. The summed E-state index contributed by atoms with van der Waals surface area (Å²) in [5.74, 6) is -0.515. The number of hydrogen-bond acceptors (Lipinski definition) is 1. The summed E-state index contributed by atoms with van der Waals surface area (Å²) >= 11 is 0. The molecule has 1 aromatic rings. The van der Waals surface area contributed by atoms with E-state index in [4.69, 9.17) is 0 Å². The molecule has 0 radical (unpaired) electrons. The maximum atomic E-state index is 13.9. The van der Waals surface area contributed by atoms with Crippen molar-refractivity contribution < 1.29 is 9.18 Å². The Bertz CT molecular complexity index is 463. The molecule has 0 aromatic heterocycles. The van der Waals surface area contributed by atoms with Crippen molar-refractivity contribution in [1.29, 1.82) is 0 Å². The molecular weight excluding hydrogens is 215 g/mol. The third kappa shape index (κ3) is 2.46. The molecular formula is C15H17FO. The number of Topliss-reactive ketones (excluding diaryl/α,β-unsaturated/α-hetero) is 1. The summed E-state index contributed by atoms with van der Waals surface area (Å²) in [6.07, 6.45) is 5.85. The van der Waals surface area contributed by atoms with E-state index in [0.717, 1.165) is 42.4 Å². The van der Waals surface area contributed by atoms with E-state index >= 15 is 0 Å². The molecule has 0 bridgehead atoms. The third-order valence-corrected chi connectivity index (χ3v) is 3.24. The minimum atomic E-state index is -0.390. The molecule has 0 saturated heterocycles. The maximum absolute atomic E-state index is 13.9. The van der Waals surface area contributed by atoms with Gasteiger partial charge in [0, 0.05) is 0 Å². The second kappa shape index (κ2) is 4.82. The Morgan fingerprint density at radius 2 is 2.00 bits per heavy atom. The Labute approximate surface area is 101 Å². The van der Waals surface area contributed by atoms with E-state index in [1.54, 1.807) is 6.92 Å². The van der Waals surface area contributed by atoms with Crippen LogP contribution < -0.4 is 0 Å². The second-order valence-corrected chi connectivity index (χ2v) is 4.74. The molecule has 2 rings (SSSR count). The van der Waals surface area contributed by atoms with Gasteiger partial charge in [0.2, 0.25) is 0 Å². The molecule has 90 valence electrons. The lowest BCUT2D eigenvalue weighted by molar-refractivity contribution is 0.102. The lowest BCUT2D eigenvalue weighted by atomic mass is 9.90. The van der Waals surface area contributed by atoms with Crippen LogP contribution in [0.3, 0.4) is 0 Å². The number of hydrogen-bond donors (Lipinski definition) is 0. The van der Waals surface area contributed by atoms with E-state index in [-0.39, 0.29) is 17.2 Å². The van der Waals surface area contributed by atoms with Crippen molar-refractivity contribution in [3.05, 3.63) is 46.3 Å². The normalized spacial score (nSPS) is 15.6. The SMILES string of the molecule is Cc1cc(C)c(C(=O)C2=CCCCC2)c(F)c1. The molecule has 0 saturated carbocycles. The third-order valence-electron chi connectivity index (χ3n) is 3.24. The van der Waals surface area contributed by atoms with Gasteiger partial charge in [-0.1, -0.05) is 12.1 Å². The van der Waals surface area contributed by atoms with Gasteiger partial charge in [0.1, 0.15) is 5.82 Å². The molecule has 0 amide bonds. The lowest BCUT2D eigenvalue weighted by Gasteiger charge is -2.14. The van der Waals surface area contributed by atoms with Gasteiger partial charge >= 0.3 is 0 Å². The number of allylic oxidation sites excluding steroid dienone is 2. The second-order valence-electron chi connectivity index (χ2n) is 4.74. The Balaban J connectivity index is 2.40. The minimum absolute atomic E-state index is 0.125. The van der Waals surface area contributed by atoms with Gasteiger partial charge < -0.3 is 0 Å². The first-order valence-electron chi connectivity index (χ1n) is 6.10. The van der Waals surface area contributed by atoms with Crippen LogP contribution in [-0.2, 0) is 0 Å². The number of rotatable bonds is 2. The van der Waals surface area contributed by atoms with Gasteiger partial charge in [-0.25, -0.2) is 4.39 Å². The van der Waals surface area contributed by atoms with Crippen molar-refractivity contribution >= 4 is 5.78 Å². The minimum Gasteiger partial charge on any atom is -0.289 e. The van der Waals surface area contributed by atoms with E-state index < -0.39 is 0 Å². The summed E-state index contributed by atoms with van der Waals surface area (Å²) in [6, 6.07) is 3.29.